The summed E-state index contributed by atoms with van der Waals surface area (Å²) in [4.78, 5) is 11.6. The molecule has 0 radical (unpaired) electrons. The zero-order valence-electron chi connectivity index (χ0n) is 11.0. The number of esters is 1. The molecule has 110 valence electrons. The van der Waals surface area contributed by atoms with E-state index in [9.17, 15) is 18.4 Å². The lowest BCUT2D eigenvalue weighted by atomic mass is 10.2. The summed E-state index contributed by atoms with van der Waals surface area (Å²) in [5.74, 6) is -1.77. The molecule has 0 aliphatic heterocycles. The zero-order valence-corrected chi connectivity index (χ0v) is 11.8. The summed E-state index contributed by atoms with van der Waals surface area (Å²) in [5, 5.41) is 10.9. The molecule has 0 spiro atoms. The Morgan fingerprint density at radius 2 is 1.76 bits per heavy atom. The molecule has 0 bridgehead atoms. The first-order chi connectivity index (χ1) is 9.99. The number of hydrogen-bond acceptors (Lipinski definition) is 5. The molecule has 0 saturated heterocycles. The fraction of sp³-hybridized carbons (Fsp3) is 0.143. The molecule has 7 heteroatoms. The highest BCUT2D eigenvalue weighted by molar-refractivity contribution is 7.91. The highest BCUT2D eigenvalue weighted by Crippen LogP contribution is 2.07. The minimum atomic E-state index is -4.02. The van der Waals surface area contributed by atoms with Crippen LogP contribution in [0.4, 0.5) is 0 Å². The molecule has 1 aromatic carbocycles. The predicted molar refractivity (Wildman–Crippen MR) is 73.7 cm³/mol. The summed E-state index contributed by atoms with van der Waals surface area (Å²) in [6.45, 7) is -0.0125. The van der Waals surface area contributed by atoms with Crippen LogP contribution in [0.25, 0.3) is 0 Å². The maximum atomic E-state index is 12.0. The van der Waals surface area contributed by atoms with Crippen molar-refractivity contribution in [2.24, 2.45) is 0 Å². The van der Waals surface area contributed by atoms with Gasteiger partial charge < -0.3 is 9.94 Å². The largest absolute Gasteiger partial charge is 0.618 e. The molecule has 0 fully saturated rings. The van der Waals surface area contributed by atoms with E-state index in [2.05, 4.69) is 0 Å². The number of hydrogen-bond donors (Lipinski definition) is 0. The molecule has 0 atom stereocenters. The SMILES string of the molecule is O=C(CS(=O)(=O)c1cccc[n+]1[O-])OCc1ccccc1. The normalized spacial score (nSPS) is 11.0. The van der Waals surface area contributed by atoms with E-state index >= 15 is 0 Å². The Kier molecular flexibility index (Phi) is 4.54. The summed E-state index contributed by atoms with van der Waals surface area (Å²) in [7, 11) is -4.02. The number of carbonyl (C=O) groups is 1. The maximum Gasteiger partial charge on any atom is 0.322 e. The second kappa shape index (κ2) is 6.36. The Morgan fingerprint density at radius 1 is 1.10 bits per heavy atom. The van der Waals surface area contributed by atoms with Gasteiger partial charge in [0.1, 0.15) is 6.61 Å². The first-order valence-corrected chi connectivity index (χ1v) is 7.75. The standard InChI is InChI=1S/C14H13NO5S/c16-14(20-10-12-6-2-1-3-7-12)11-21(18,19)13-8-4-5-9-15(13)17/h1-9H,10-11H2. The van der Waals surface area contributed by atoms with Crippen molar-refractivity contribution in [1.82, 2.24) is 0 Å². The van der Waals surface area contributed by atoms with E-state index in [4.69, 9.17) is 4.74 Å². The van der Waals surface area contributed by atoms with Crippen molar-refractivity contribution in [2.75, 3.05) is 5.75 Å². The highest BCUT2D eigenvalue weighted by Gasteiger charge is 2.27. The third kappa shape index (κ3) is 4.03. The fourth-order valence-corrected chi connectivity index (χ4v) is 2.82. The van der Waals surface area contributed by atoms with Gasteiger partial charge in [0, 0.05) is 12.1 Å². The molecule has 0 unspecified atom stereocenters. The number of pyridine rings is 1. The lowest BCUT2D eigenvalue weighted by Crippen LogP contribution is -2.35. The number of benzene rings is 1. The molecular weight excluding hydrogens is 294 g/mol. The van der Waals surface area contributed by atoms with Crippen LogP contribution in [0, 0.1) is 5.21 Å². The van der Waals surface area contributed by atoms with Gasteiger partial charge in [-0.2, -0.15) is 4.73 Å². The molecule has 0 amide bonds. The molecule has 0 N–H and O–H groups in total. The summed E-state index contributed by atoms with van der Waals surface area (Å²) in [6, 6.07) is 12.9. The average Bonchev–Trinajstić information content (AvgIpc) is 2.46. The van der Waals surface area contributed by atoms with Crippen molar-refractivity contribution in [1.29, 1.82) is 0 Å². The Hall–Kier alpha value is -2.41. The van der Waals surface area contributed by atoms with Crippen LogP contribution in [0.2, 0.25) is 0 Å². The van der Waals surface area contributed by atoms with Crippen molar-refractivity contribution in [3.05, 3.63) is 65.5 Å². The van der Waals surface area contributed by atoms with E-state index in [-0.39, 0.29) is 11.3 Å². The van der Waals surface area contributed by atoms with Crippen molar-refractivity contribution in [3.8, 4) is 0 Å². The van der Waals surface area contributed by atoms with Crippen LogP contribution in [0.15, 0.2) is 59.8 Å². The number of aromatic nitrogens is 1. The number of rotatable bonds is 5. The second-order valence-electron chi connectivity index (χ2n) is 4.27. The minimum absolute atomic E-state index is 0.0125. The summed E-state index contributed by atoms with van der Waals surface area (Å²) in [5.41, 5.74) is 0.752. The van der Waals surface area contributed by atoms with Crippen LogP contribution in [-0.2, 0) is 26.0 Å². The van der Waals surface area contributed by atoms with E-state index in [1.54, 1.807) is 24.3 Å². The van der Waals surface area contributed by atoms with Gasteiger partial charge in [-0.3, -0.25) is 4.79 Å². The van der Waals surface area contributed by atoms with Crippen molar-refractivity contribution < 1.29 is 22.7 Å². The van der Waals surface area contributed by atoms with E-state index in [0.717, 1.165) is 17.8 Å². The molecule has 21 heavy (non-hydrogen) atoms. The van der Waals surface area contributed by atoms with E-state index in [0.29, 0.717) is 0 Å². The fourth-order valence-electron chi connectivity index (χ4n) is 1.66. The van der Waals surface area contributed by atoms with Gasteiger partial charge in [-0.25, -0.2) is 8.42 Å². The van der Waals surface area contributed by atoms with Crippen LogP contribution in [0.3, 0.4) is 0 Å². The summed E-state index contributed by atoms with van der Waals surface area (Å²) < 4.78 is 29.0. The van der Waals surface area contributed by atoms with Gasteiger partial charge in [-0.15, -0.1) is 0 Å². The maximum absolute atomic E-state index is 12.0. The molecule has 1 aromatic heterocycles. The number of ether oxygens (including phenoxy) is 1. The van der Waals surface area contributed by atoms with Gasteiger partial charge in [0.25, 0.3) is 0 Å². The molecular formula is C14H13NO5S. The van der Waals surface area contributed by atoms with Crippen molar-refractivity contribution >= 4 is 15.8 Å². The predicted octanol–water partition coefficient (Wildman–Crippen LogP) is 0.837. The van der Waals surface area contributed by atoms with Crippen LogP contribution in [0.1, 0.15) is 5.56 Å². The lowest BCUT2D eigenvalue weighted by Gasteiger charge is -2.06. The van der Waals surface area contributed by atoms with E-state index in [1.807, 2.05) is 6.07 Å². The van der Waals surface area contributed by atoms with Crippen LogP contribution in [-0.4, -0.2) is 20.1 Å². The van der Waals surface area contributed by atoms with Gasteiger partial charge in [0.15, 0.2) is 11.9 Å². The number of sulfone groups is 1. The molecule has 2 aromatic rings. The van der Waals surface area contributed by atoms with Crippen molar-refractivity contribution in [3.63, 3.8) is 0 Å². The topological polar surface area (TPSA) is 87.4 Å². The lowest BCUT2D eigenvalue weighted by molar-refractivity contribution is -0.646. The van der Waals surface area contributed by atoms with E-state index < -0.39 is 26.6 Å². The molecule has 1 heterocycles. The monoisotopic (exact) mass is 307 g/mol. The summed E-state index contributed by atoms with van der Waals surface area (Å²) in [6.07, 6.45) is 1.06. The van der Waals surface area contributed by atoms with Gasteiger partial charge in [-0.05, 0) is 11.6 Å². The Bertz CT molecular complexity index is 728. The van der Waals surface area contributed by atoms with Gasteiger partial charge in [0.05, 0.1) is 0 Å². The quantitative estimate of drug-likeness (QED) is 0.464. The van der Waals surface area contributed by atoms with Crippen molar-refractivity contribution in [2.45, 2.75) is 11.6 Å². The average molecular weight is 307 g/mol. The molecule has 2 rings (SSSR count). The molecule has 0 aliphatic carbocycles. The third-order valence-electron chi connectivity index (χ3n) is 2.66. The number of carbonyl (C=O) groups excluding carboxylic acids is 1. The minimum Gasteiger partial charge on any atom is -0.618 e. The van der Waals surface area contributed by atoms with E-state index in [1.165, 1.54) is 12.1 Å². The zero-order chi connectivity index (χ0) is 15.3. The Balaban J connectivity index is 2.01. The smallest absolute Gasteiger partial charge is 0.322 e. The second-order valence-corrected chi connectivity index (χ2v) is 6.21. The summed E-state index contributed by atoms with van der Waals surface area (Å²) >= 11 is 0. The molecule has 0 aliphatic rings. The van der Waals surface area contributed by atoms with Gasteiger partial charge in [0.2, 0.25) is 9.84 Å². The Morgan fingerprint density at radius 3 is 2.43 bits per heavy atom. The molecule has 6 nitrogen and oxygen atoms in total. The van der Waals surface area contributed by atoms with Gasteiger partial charge >= 0.3 is 11.0 Å². The highest BCUT2D eigenvalue weighted by atomic mass is 32.2. The van der Waals surface area contributed by atoms with Crippen LogP contribution in [0.5, 0.6) is 0 Å². The third-order valence-corrected chi connectivity index (χ3v) is 4.23. The first kappa shape index (κ1) is 15.0. The van der Waals surface area contributed by atoms with Gasteiger partial charge in [-0.1, -0.05) is 30.3 Å². The Labute approximate surface area is 122 Å². The van der Waals surface area contributed by atoms with Crippen LogP contribution < -0.4 is 4.73 Å². The first-order valence-electron chi connectivity index (χ1n) is 6.09. The number of nitrogens with zero attached hydrogens (tertiary/aromatic N) is 1. The molecule has 0 saturated carbocycles. The van der Waals surface area contributed by atoms with Crippen LogP contribution >= 0.6 is 0 Å².